The van der Waals surface area contributed by atoms with Gasteiger partial charge in [-0.25, -0.2) is 9.78 Å². The van der Waals surface area contributed by atoms with Crippen LogP contribution in [0.3, 0.4) is 0 Å². The Morgan fingerprint density at radius 3 is 2.46 bits per heavy atom. The summed E-state index contributed by atoms with van der Waals surface area (Å²) >= 11 is 2.43. The van der Waals surface area contributed by atoms with E-state index in [0.717, 1.165) is 22.9 Å². The standard InChI is InChI=1S/C30H25N3O4S2/c1-3-37-29(36)26-23(20-15-13-19(2)14-16-20)17-38-27(26)32-25(34)18-39-30-31-24-12-8-7-11-22(24)28(35)33(30)21-9-5-4-6-10-21/h4-17H,3,18H2,1-2H3,(H,32,34). The minimum absolute atomic E-state index is 0.0162. The molecule has 0 fully saturated rings. The van der Waals surface area contributed by atoms with Crippen LogP contribution in [0.5, 0.6) is 0 Å². The van der Waals surface area contributed by atoms with Gasteiger partial charge >= 0.3 is 5.97 Å². The monoisotopic (exact) mass is 555 g/mol. The molecule has 1 N–H and O–H groups in total. The van der Waals surface area contributed by atoms with E-state index in [4.69, 9.17) is 4.74 Å². The Balaban J connectivity index is 1.43. The van der Waals surface area contributed by atoms with Gasteiger partial charge in [-0.05, 0) is 43.7 Å². The summed E-state index contributed by atoms with van der Waals surface area (Å²) in [6, 6.07) is 24.2. The summed E-state index contributed by atoms with van der Waals surface area (Å²) in [6.45, 7) is 3.96. The zero-order valence-electron chi connectivity index (χ0n) is 21.3. The van der Waals surface area contributed by atoms with Gasteiger partial charge in [-0.3, -0.25) is 14.2 Å². The van der Waals surface area contributed by atoms with Gasteiger partial charge in [0.1, 0.15) is 10.6 Å². The van der Waals surface area contributed by atoms with Crippen molar-refractivity contribution in [2.45, 2.75) is 19.0 Å². The number of anilines is 1. The summed E-state index contributed by atoms with van der Waals surface area (Å²) in [5.41, 5.74) is 4.01. The number of fused-ring (bicyclic) bond motifs is 1. The van der Waals surface area contributed by atoms with Crippen molar-refractivity contribution >= 4 is 50.9 Å². The lowest BCUT2D eigenvalue weighted by Crippen LogP contribution is -2.23. The highest BCUT2D eigenvalue weighted by atomic mass is 32.2. The molecule has 0 atom stereocenters. The van der Waals surface area contributed by atoms with E-state index in [2.05, 4.69) is 10.3 Å². The van der Waals surface area contributed by atoms with Crippen LogP contribution in [0.4, 0.5) is 5.00 Å². The van der Waals surface area contributed by atoms with Crippen LogP contribution in [0.25, 0.3) is 27.7 Å². The molecule has 5 aromatic rings. The number of thiophene rings is 1. The van der Waals surface area contributed by atoms with Gasteiger partial charge in [0, 0.05) is 10.9 Å². The number of hydrogen-bond donors (Lipinski definition) is 1. The Kier molecular flexibility index (Phi) is 7.90. The fourth-order valence-corrected chi connectivity index (χ4v) is 5.89. The van der Waals surface area contributed by atoms with Crippen molar-refractivity contribution in [1.82, 2.24) is 9.55 Å². The maximum absolute atomic E-state index is 13.4. The maximum atomic E-state index is 13.4. The molecule has 7 nitrogen and oxygen atoms in total. The van der Waals surface area contributed by atoms with E-state index >= 15 is 0 Å². The van der Waals surface area contributed by atoms with Gasteiger partial charge in [0.05, 0.1) is 29.0 Å². The van der Waals surface area contributed by atoms with Crippen molar-refractivity contribution in [3.63, 3.8) is 0 Å². The average Bonchev–Trinajstić information content (AvgIpc) is 3.36. The zero-order valence-corrected chi connectivity index (χ0v) is 23.0. The molecule has 0 saturated heterocycles. The number of amides is 1. The molecule has 2 aromatic heterocycles. The molecular weight excluding hydrogens is 530 g/mol. The lowest BCUT2D eigenvalue weighted by Gasteiger charge is -2.13. The highest BCUT2D eigenvalue weighted by molar-refractivity contribution is 7.99. The quantitative estimate of drug-likeness (QED) is 0.137. The van der Waals surface area contributed by atoms with Crippen molar-refractivity contribution in [3.05, 3.63) is 106 Å². The Morgan fingerprint density at radius 2 is 1.72 bits per heavy atom. The number of ether oxygens (including phenoxy) is 1. The minimum Gasteiger partial charge on any atom is -0.462 e. The molecule has 39 heavy (non-hydrogen) atoms. The van der Waals surface area contributed by atoms with Crippen LogP contribution in [0.1, 0.15) is 22.8 Å². The number of nitrogens with one attached hydrogen (secondary N) is 1. The van der Waals surface area contributed by atoms with Crippen LogP contribution in [-0.4, -0.2) is 33.8 Å². The smallest absolute Gasteiger partial charge is 0.341 e. The number of esters is 1. The van der Waals surface area contributed by atoms with Gasteiger partial charge in [0.2, 0.25) is 5.91 Å². The predicted molar refractivity (Wildman–Crippen MR) is 157 cm³/mol. The molecule has 0 aliphatic rings. The van der Waals surface area contributed by atoms with E-state index in [0.29, 0.717) is 37.9 Å². The van der Waals surface area contributed by atoms with Crippen LogP contribution in [-0.2, 0) is 9.53 Å². The molecule has 3 aromatic carbocycles. The Bertz CT molecular complexity index is 1710. The summed E-state index contributed by atoms with van der Waals surface area (Å²) in [4.78, 5) is 44.1. The molecule has 9 heteroatoms. The number of rotatable bonds is 8. The van der Waals surface area contributed by atoms with Crippen LogP contribution < -0.4 is 10.9 Å². The van der Waals surface area contributed by atoms with E-state index in [1.165, 1.54) is 15.9 Å². The third kappa shape index (κ3) is 5.64. The second-order valence-corrected chi connectivity index (χ2v) is 10.5. The van der Waals surface area contributed by atoms with E-state index in [-0.39, 0.29) is 23.8 Å². The molecule has 0 spiro atoms. The highest BCUT2D eigenvalue weighted by Crippen LogP contribution is 2.36. The second-order valence-electron chi connectivity index (χ2n) is 8.66. The minimum atomic E-state index is -0.494. The molecule has 1 amide bonds. The molecule has 0 radical (unpaired) electrons. The molecule has 0 saturated carbocycles. The third-order valence-corrected chi connectivity index (χ3v) is 7.81. The van der Waals surface area contributed by atoms with E-state index in [1.54, 1.807) is 25.1 Å². The summed E-state index contributed by atoms with van der Waals surface area (Å²) in [5.74, 6) is -0.839. The predicted octanol–water partition coefficient (Wildman–Crippen LogP) is 6.33. The van der Waals surface area contributed by atoms with Crippen molar-refractivity contribution in [3.8, 4) is 16.8 Å². The Morgan fingerprint density at radius 1 is 1.00 bits per heavy atom. The van der Waals surface area contributed by atoms with E-state index in [9.17, 15) is 14.4 Å². The van der Waals surface area contributed by atoms with Crippen LogP contribution in [0.2, 0.25) is 0 Å². The van der Waals surface area contributed by atoms with Crippen LogP contribution in [0, 0.1) is 6.92 Å². The average molecular weight is 556 g/mol. The number of carbonyl (C=O) groups is 2. The molecule has 2 heterocycles. The first-order valence-corrected chi connectivity index (χ1v) is 14.2. The fraction of sp³-hybridized carbons (Fsp3) is 0.133. The fourth-order valence-electron chi connectivity index (χ4n) is 4.11. The van der Waals surface area contributed by atoms with Gasteiger partial charge < -0.3 is 10.1 Å². The number of hydrogen-bond acceptors (Lipinski definition) is 7. The number of thioether (sulfide) groups is 1. The molecule has 0 unspecified atom stereocenters. The lowest BCUT2D eigenvalue weighted by molar-refractivity contribution is -0.113. The first-order chi connectivity index (χ1) is 19.0. The van der Waals surface area contributed by atoms with Crippen LogP contribution in [0.15, 0.2) is 94.2 Å². The topological polar surface area (TPSA) is 90.3 Å². The van der Waals surface area contributed by atoms with Gasteiger partial charge in [-0.1, -0.05) is 71.9 Å². The number of aryl methyl sites for hydroxylation is 1. The summed E-state index contributed by atoms with van der Waals surface area (Å²) in [5, 5.41) is 6.04. The zero-order chi connectivity index (χ0) is 27.4. The van der Waals surface area contributed by atoms with Crippen LogP contribution >= 0.6 is 23.1 Å². The van der Waals surface area contributed by atoms with Crippen molar-refractivity contribution in [1.29, 1.82) is 0 Å². The SMILES string of the molecule is CCOC(=O)c1c(-c2ccc(C)cc2)csc1NC(=O)CSc1nc2ccccc2c(=O)n1-c1ccccc1. The van der Waals surface area contributed by atoms with Crippen molar-refractivity contribution in [2.24, 2.45) is 0 Å². The number of carbonyl (C=O) groups excluding carboxylic acids is 2. The summed E-state index contributed by atoms with van der Waals surface area (Å²) in [7, 11) is 0. The normalized spacial score (nSPS) is 10.9. The molecule has 0 aliphatic heterocycles. The summed E-state index contributed by atoms with van der Waals surface area (Å²) < 4.78 is 6.82. The van der Waals surface area contributed by atoms with E-state index < -0.39 is 5.97 Å². The lowest BCUT2D eigenvalue weighted by atomic mass is 10.0. The first kappa shape index (κ1) is 26.4. The molecule has 196 valence electrons. The first-order valence-electron chi connectivity index (χ1n) is 12.3. The number of para-hydroxylation sites is 2. The molecule has 5 rings (SSSR count). The Labute approximate surface area is 233 Å². The number of aromatic nitrogens is 2. The van der Waals surface area contributed by atoms with Gasteiger partial charge in [0.25, 0.3) is 5.56 Å². The molecule has 0 aliphatic carbocycles. The third-order valence-electron chi connectivity index (χ3n) is 5.98. The van der Waals surface area contributed by atoms with Gasteiger partial charge in [-0.15, -0.1) is 11.3 Å². The van der Waals surface area contributed by atoms with Crippen molar-refractivity contribution < 1.29 is 14.3 Å². The van der Waals surface area contributed by atoms with Crippen molar-refractivity contribution in [2.75, 3.05) is 17.7 Å². The molecular formula is C30H25N3O4S2. The van der Waals surface area contributed by atoms with Gasteiger partial charge in [-0.2, -0.15) is 0 Å². The van der Waals surface area contributed by atoms with Gasteiger partial charge in [0.15, 0.2) is 5.16 Å². The largest absolute Gasteiger partial charge is 0.462 e. The summed E-state index contributed by atoms with van der Waals surface area (Å²) in [6.07, 6.45) is 0. The highest BCUT2D eigenvalue weighted by Gasteiger charge is 2.23. The Hall–Kier alpha value is -4.21. The number of benzene rings is 3. The molecule has 0 bridgehead atoms. The van der Waals surface area contributed by atoms with E-state index in [1.807, 2.05) is 73.0 Å². The number of nitrogens with zero attached hydrogens (tertiary/aromatic N) is 2. The second kappa shape index (κ2) is 11.7. The maximum Gasteiger partial charge on any atom is 0.341 e.